The van der Waals surface area contributed by atoms with Crippen molar-refractivity contribution in [2.24, 2.45) is 11.8 Å². The van der Waals surface area contributed by atoms with Gasteiger partial charge in [-0.05, 0) is 55.1 Å². The second-order valence-corrected chi connectivity index (χ2v) is 11.0. The highest BCUT2D eigenvalue weighted by molar-refractivity contribution is 5.66. The third-order valence-electron chi connectivity index (χ3n) is 8.47. The third-order valence-corrected chi connectivity index (χ3v) is 8.47. The highest BCUT2D eigenvalue weighted by Crippen LogP contribution is 2.37. The van der Waals surface area contributed by atoms with Crippen LogP contribution in [0.5, 0.6) is 0 Å². The quantitative estimate of drug-likeness (QED) is 0.309. The lowest BCUT2D eigenvalue weighted by Gasteiger charge is -2.29. The minimum Gasteiger partial charge on any atom is -0.378 e. The molecule has 1 nitrogen and oxygen atoms in total. The molecular formula is C31H40F4O. The molecule has 0 bridgehead atoms. The van der Waals surface area contributed by atoms with E-state index in [4.69, 9.17) is 4.74 Å². The Morgan fingerprint density at radius 1 is 0.667 bits per heavy atom. The van der Waals surface area contributed by atoms with Crippen LogP contribution in [0, 0.1) is 35.1 Å². The molecule has 0 radical (unpaired) electrons. The number of rotatable bonds is 9. The Hall–Kier alpha value is -1.88. The van der Waals surface area contributed by atoms with Gasteiger partial charge in [-0.25, -0.2) is 17.6 Å². The monoisotopic (exact) mass is 504 g/mol. The van der Waals surface area contributed by atoms with Crippen LogP contribution in [-0.2, 0) is 11.2 Å². The van der Waals surface area contributed by atoms with E-state index in [1.165, 1.54) is 49.9 Å². The fraction of sp³-hybridized carbons (Fsp3) is 0.613. The molecule has 0 N–H and O–H groups in total. The molecule has 2 aliphatic rings. The first-order valence-electron chi connectivity index (χ1n) is 14.0. The molecule has 2 fully saturated rings. The van der Waals surface area contributed by atoms with E-state index < -0.39 is 23.3 Å². The molecule has 1 heterocycles. The molecule has 0 aromatic heterocycles. The predicted octanol–water partition coefficient (Wildman–Crippen LogP) is 9.51. The Balaban J connectivity index is 1.43. The van der Waals surface area contributed by atoms with Crippen molar-refractivity contribution in [1.29, 1.82) is 0 Å². The van der Waals surface area contributed by atoms with Crippen molar-refractivity contribution in [3.63, 3.8) is 0 Å². The molecule has 36 heavy (non-hydrogen) atoms. The highest BCUT2D eigenvalue weighted by atomic mass is 19.2. The SMILES string of the molecule is CCCC1CCC(CCc2ccc(-c3ccc(C4CCC(CCC)OC4)c(F)c3F)c(F)c2F)CC1. The molecule has 2 atom stereocenters. The average Bonchev–Trinajstić information content (AvgIpc) is 2.89. The van der Waals surface area contributed by atoms with Crippen molar-refractivity contribution in [3.8, 4) is 11.1 Å². The summed E-state index contributed by atoms with van der Waals surface area (Å²) in [5, 5.41) is 0. The number of hydrogen-bond acceptors (Lipinski definition) is 1. The number of hydrogen-bond donors (Lipinski definition) is 0. The maximum absolute atomic E-state index is 15.1. The van der Waals surface area contributed by atoms with Crippen molar-refractivity contribution in [2.45, 2.75) is 103 Å². The summed E-state index contributed by atoms with van der Waals surface area (Å²) in [6.45, 7) is 4.66. The Labute approximate surface area is 213 Å². The Morgan fingerprint density at radius 2 is 1.28 bits per heavy atom. The highest BCUT2D eigenvalue weighted by Gasteiger charge is 2.28. The molecule has 198 valence electrons. The Kier molecular flexibility index (Phi) is 9.49. The Morgan fingerprint density at radius 3 is 1.89 bits per heavy atom. The summed E-state index contributed by atoms with van der Waals surface area (Å²) in [4.78, 5) is 0. The fourth-order valence-electron chi connectivity index (χ4n) is 6.26. The molecule has 5 heteroatoms. The second kappa shape index (κ2) is 12.6. The minimum absolute atomic E-state index is 0.171. The zero-order valence-electron chi connectivity index (χ0n) is 21.7. The van der Waals surface area contributed by atoms with Gasteiger partial charge < -0.3 is 4.74 Å². The third kappa shape index (κ3) is 6.15. The summed E-state index contributed by atoms with van der Waals surface area (Å²) in [6, 6.07) is 5.80. The number of benzene rings is 2. The summed E-state index contributed by atoms with van der Waals surface area (Å²) in [7, 11) is 0. The van der Waals surface area contributed by atoms with E-state index in [-0.39, 0.29) is 28.7 Å². The van der Waals surface area contributed by atoms with Gasteiger partial charge in [-0.2, -0.15) is 0 Å². The van der Waals surface area contributed by atoms with Gasteiger partial charge in [-0.15, -0.1) is 0 Å². The van der Waals surface area contributed by atoms with Gasteiger partial charge in [0.05, 0.1) is 12.7 Å². The van der Waals surface area contributed by atoms with E-state index in [0.717, 1.165) is 50.9 Å². The standard InChI is InChI=1S/C31H40F4O/c1-3-5-20-7-9-21(10-8-20)11-12-22-14-16-26(30(34)28(22)32)27-18-17-25(29(33)31(27)35)23-13-15-24(6-4-2)36-19-23/h14,16-18,20-21,23-24H,3-13,15,19H2,1-2H3. The van der Waals surface area contributed by atoms with Crippen LogP contribution in [0.1, 0.15) is 102 Å². The van der Waals surface area contributed by atoms with Gasteiger partial charge in [0.15, 0.2) is 23.3 Å². The first-order chi connectivity index (χ1) is 17.4. The largest absolute Gasteiger partial charge is 0.378 e. The van der Waals surface area contributed by atoms with Crippen LogP contribution < -0.4 is 0 Å². The lowest BCUT2D eigenvalue weighted by molar-refractivity contribution is -0.00181. The van der Waals surface area contributed by atoms with E-state index in [1.54, 1.807) is 0 Å². The molecule has 2 unspecified atom stereocenters. The maximum atomic E-state index is 15.1. The van der Waals surface area contributed by atoms with Crippen LogP contribution in [0.4, 0.5) is 17.6 Å². The van der Waals surface area contributed by atoms with Crippen LogP contribution in [0.25, 0.3) is 11.1 Å². The first kappa shape index (κ1) is 27.2. The normalized spacial score (nSPS) is 24.7. The molecule has 1 aliphatic heterocycles. The van der Waals surface area contributed by atoms with Crippen LogP contribution >= 0.6 is 0 Å². The molecule has 1 saturated carbocycles. The van der Waals surface area contributed by atoms with Gasteiger partial charge in [-0.1, -0.05) is 83.1 Å². The van der Waals surface area contributed by atoms with E-state index >= 15 is 13.2 Å². The molecule has 2 aromatic carbocycles. The summed E-state index contributed by atoms with van der Waals surface area (Å²) >= 11 is 0. The predicted molar refractivity (Wildman–Crippen MR) is 137 cm³/mol. The smallest absolute Gasteiger partial charge is 0.167 e. The average molecular weight is 505 g/mol. The van der Waals surface area contributed by atoms with Crippen LogP contribution in [0.2, 0.25) is 0 Å². The van der Waals surface area contributed by atoms with E-state index in [1.807, 2.05) is 0 Å². The van der Waals surface area contributed by atoms with Crippen molar-refractivity contribution >= 4 is 0 Å². The molecule has 4 rings (SSSR count). The molecule has 0 spiro atoms. The topological polar surface area (TPSA) is 9.23 Å². The minimum atomic E-state index is -1.13. The van der Waals surface area contributed by atoms with Crippen molar-refractivity contribution in [2.75, 3.05) is 6.61 Å². The van der Waals surface area contributed by atoms with Gasteiger partial charge in [-0.3, -0.25) is 0 Å². The van der Waals surface area contributed by atoms with E-state index in [0.29, 0.717) is 24.5 Å². The number of halogens is 4. The van der Waals surface area contributed by atoms with Gasteiger partial charge in [0.1, 0.15) is 0 Å². The van der Waals surface area contributed by atoms with Crippen LogP contribution in [-0.4, -0.2) is 12.7 Å². The Bertz CT molecular complexity index is 1000. The first-order valence-corrected chi connectivity index (χ1v) is 14.0. The lowest BCUT2D eigenvalue weighted by atomic mass is 9.78. The van der Waals surface area contributed by atoms with Gasteiger partial charge in [0, 0.05) is 17.0 Å². The van der Waals surface area contributed by atoms with Crippen molar-refractivity contribution in [3.05, 3.63) is 58.7 Å². The summed E-state index contributed by atoms with van der Waals surface area (Å²) in [6.07, 6.45) is 12.2. The van der Waals surface area contributed by atoms with Gasteiger partial charge in [0.2, 0.25) is 0 Å². The molecule has 1 aliphatic carbocycles. The van der Waals surface area contributed by atoms with Crippen molar-refractivity contribution < 1.29 is 22.3 Å². The summed E-state index contributed by atoms with van der Waals surface area (Å²) in [5.41, 5.74) is 0.0824. The molecule has 1 saturated heterocycles. The number of ether oxygens (including phenoxy) is 1. The van der Waals surface area contributed by atoms with Gasteiger partial charge in [0.25, 0.3) is 0 Å². The van der Waals surface area contributed by atoms with Crippen LogP contribution in [0.3, 0.4) is 0 Å². The van der Waals surface area contributed by atoms with E-state index in [9.17, 15) is 4.39 Å². The molecule has 2 aromatic rings. The van der Waals surface area contributed by atoms with Crippen LogP contribution in [0.15, 0.2) is 24.3 Å². The zero-order chi connectivity index (χ0) is 25.7. The second-order valence-electron chi connectivity index (χ2n) is 11.0. The zero-order valence-corrected chi connectivity index (χ0v) is 21.7. The number of aryl methyl sites for hydroxylation is 1. The lowest BCUT2D eigenvalue weighted by Crippen LogP contribution is -2.25. The summed E-state index contributed by atoms with van der Waals surface area (Å²) in [5.74, 6) is -3.05. The molecular weight excluding hydrogens is 464 g/mol. The van der Waals surface area contributed by atoms with Crippen molar-refractivity contribution in [1.82, 2.24) is 0 Å². The summed E-state index contributed by atoms with van der Waals surface area (Å²) < 4.78 is 66.0. The van der Waals surface area contributed by atoms with Gasteiger partial charge >= 0.3 is 0 Å². The van der Waals surface area contributed by atoms with E-state index in [2.05, 4.69) is 13.8 Å². The maximum Gasteiger partial charge on any atom is 0.167 e. The fourth-order valence-corrected chi connectivity index (χ4v) is 6.26. The molecule has 0 amide bonds.